The molecule has 0 aromatic carbocycles. The fraction of sp³-hybridized carbons (Fsp3) is 0.783. The van der Waals surface area contributed by atoms with E-state index >= 15 is 0 Å². The van der Waals surface area contributed by atoms with E-state index in [1.54, 1.807) is 11.5 Å². The topological polar surface area (TPSA) is 133 Å². The molecule has 0 radical (unpaired) electrons. The SMILES string of the molecule is CCCCc1cc[n+](C(C)O)cc1.NCCCCCCCCCCCC(N)S(=O)(=O)[O-]. The van der Waals surface area contributed by atoms with Gasteiger partial charge in [-0.3, -0.25) is 0 Å². The van der Waals surface area contributed by atoms with Crippen LogP contribution in [0.4, 0.5) is 0 Å². The number of unbranched alkanes of at least 4 members (excludes halogenated alkanes) is 9. The molecule has 0 aliphatic carbocycles. The number of hydrogen-bond donors (Lipinski definition) is 3. The highest BCUT2D eigenvalue weighted by atomic mass is 32.2. The second kappa shape index (κ2) is 18.5. The molecular weight excluding hydrogens is 414 g/mol. The molecule has 5 N–H and O–H groups in total. The summed E-state index contributed by atoms with van der Waals surface area (Å²) in [7, 11) is -4.30. The first-order valence-electron chi connectivity index (χ1n) is 11.8. The summed E-state index contributed by atoms with van der Waals surface area (Å²) < 4.78 is 33.4. The van der Waals surface area contributed by atoms with E-state index < -0.39 is 21.7 Å². The minimum atomic E-state index is -4.30. The molecule has 0 saturated heterocycles. The van der Waals surface area contributed by atoms with Crippen molar-refractivity contribution in [3.63, 3.8) is 0 Å². The third-order valence-corrected chi connectivity index (χ3v) is 6.21. The lowest BCUT2D eigenvalue weighted by Crippen LogP contribution is -2.36. The molecule has 2 atom stereocenters. The van der Waals surface area contributed by atoms with Gasteiger partial charge >= 0.3 is 0 Å². The quantitative estimate of drug-likeness (QED) is 0.197. The van der Waals surface area contributed by atoms with Crippen molar-refractivity contribution in [3.8, 4) is 0 Å². The van der Waals surface area contributed by atoms with Crippen LogP contribution in [0.2, 0.25) is 0 Å². The Bertz CT molecular complexity index is 637. The molecule has 0 amide bonds. The number of aliphatic hydroxyl groups is 1. The Kier molecular flexibility index (Phi) is 17.9. The number of nitrogens with two attached hydrogens (primary N) is 2. The van der Waals surface area contributed by atoms with E-state index in [0.29, 0.717) is 0 Å². The summed E-state index contributed by atoms with van der Waals surface area (Å²) >= 11 is 0. The molecule has 1 heterocycles. The van der Waals surface area contributed by atoms with Gasteiger partial charge in [0.1, 0.15) is 10.1 Å². The van der Waals surface area contributed by atoms with Gasteiger partial charge in [0, 0.05) is 19.1 Å². The van der Waals surface area contributed by atoms with Gasteiger partial charge in [-0.2, -0.15) is 4.57 Å². The van der Waals surface area contributed by atoms with E-state index in [1.807, 2.05) is 12.4 Å². The molecule has 1 aromatic rings. The lowest BCUT2D eigenvalue weighted by molar-refractivity contribution is -0.755. The zero-order valence-electron chi connectivity index (χ0n) is 19.5. The van der Waals surface area contributed by atoms with Gasteiger partial charge in [-0.15, -0.1) is 0 Å². The first kappa shape index (κ1) is 29.9. The van der Waals surface area contributed by atoms with Crippen molar-refractivity contribution in [1.29, 1.82) is 0 Å². The van der Waals surface area contributed by atoms with Crippen molar-refractivity contribution in [1.82, 2.24) is 0 Å². The highest BCUT2D eigenvalue weighted by Crippen LogP contribution is 2.12. The average Bonchev–Trinajstić information content (AvgIpc) is 2.73. The van der Waals surface area contributed by atoms with E-state index in [4.69, 9.17) is 11.5 Å². The van der Waals surface area contributed by atoms with Gasteiger partial charge in [0.05, 0.1) is 5.37 Å². The molecule has 7 nitrogen and oxygen atoms in total. The molecule has 8 heteroatoms. The van der Waals surface area contributed by atoms with Gasteiger partial charge < -0.3 is 21.1 Å². The number of hydrogen-bond acceptors (Lipinski definition) is 6. The Hall–Kier alpha value is -1.06. The molecule has 31 heavy (non-hydrogen) atoms. The maximum Gasteiger partial charge on any atom is 0.257 e. The zero-order chi connectivity index (χ0) is 23.5. The molecule has 0 saturated carbocycles. The Morgan fingerprint density at radius 3 is 1.87 bits per heavy atom. The fourth-order valence-corrected chi connectivity index (χ4v) is 3.59. The van der Waals surface area contributed by atoms with Gasteiger partial charge in [0.15, 0.2) is 12.4 Å². The molecule has 0 bridgehead atoms. The molecule has 182 valence electrons. The van der Waals surface area contributed by atoms with Crippen molar-refractivity contribution in [3.05, 3.63) is 30.1 Å². The highest BCUT2D eigenvalue weighted by Gasteiger charge is 2.09. The standard InChI is InChI=1S/C12H28N2O3S.C11H18NO/c13-11-9-7-5-3-1-2-4-6-8-10-12(14)18(15,16)17;1-3-4-5-11-6-8-12(9-7-11)10(2)13/h12H,1-11,13-14H2,(H,15,16,17);6-10,13H,3-5H2,1-2H3/q;+1/p-1. The zero-order valence-corrected chi connectivity index (χ0v) is 20.4. The van der Waals surface area contributed by atoms with E-state index in [1.165, 1.54) is 50.5 Å². The number of nitrogens with zero attached hydrogens (tertiary/aromatic N) is 1. The average molecular weight is 460 g/mol. The number of aryl methyl sites for hydroxylation is 1. The maximum atomic E-state index is 10.5. The first-order valence-corrected chi connectivity index (χ1v) is 13.3. The summed E-state index contributed by atoms with van der Waals surface area (Å²) in [6, 6.07) is 4.14. The van der Waals surface area contributed by atoms with Crippen LogP contribution in [-0.2, 0) is 16.5 Å². The van der Waals surface area contributed by atoms with Gasteiger partial charge in [0.25, 0.3) is 6.23 Å². The monoisotopic (exact) mass is 459 g/mol. The summed E-state index contributed by atoms with van der Waals surface area (Å²) in [6.45, 7) is 4.73. The predicted molar refractivity (Wildman–Crippen MR) is 125 cm³/mol. The smallest absolute Gasteiger partial charge is 0.257 e. The predicted octanol–water partition coefficient (Wildman–Crippen LogP) is 3.50. The van der Waals surface area contributed by atoms with Gasteiger partial charge in [-0.05, 0) is 37.8 Å². The first-order chi connectivity index (χ1) is 14.7. The maximum absolute atomic E-state index is 10.5. The molecule has 1 aromatic heterocycles. The van der Waals surface area contributed by atoms with Crippen LogP contribution in [-0.4, -0.2) is 30.0 Å². The summed E-state index contributed by atoms with van der Waals surface area (Å²) in [4.78, 5) is 0. The molecule has 0 fully saturated rings. The summed E-state index contributed by atoms with van der Waals surface area (Å²) in [5.74, 6) is 0. The number of aliphatic hydroxyl groups excluding tert-OH is 1. The Morgan fingerprint density at radius 2 is 1.45 bits per heavy atom. The van der Waals surface area contributed by atoms with E-state index in [0.717, 1.165) is 38.6 Å². The largest absolute Gasteiger partial charge is 0.747 e. The third kappa shape index (κ3) is 17.2. The highest BCUT2D eigenvalue weighted by molar-refractivity contribution is 7.86. The van der Waals surface area contributed by atoms with E-state index in [9.17, 15) is 18.1 Å². The molecular formula is C23H45N3O4S. The van der Waals surface area contributed by atoms with Crippen LogP contribution >= 0.6 is 0 Å². The lowest BCUT2D eigenvalue weighted by Gasteiger charge is -2.15. The van der Waals surface area contributed by atoms with Crippen molar-refractivity contribution < 1.29 is 22.6 Å². The van der Waals surface area contributed by atoms with E-state index in [-0.39, 0.29) is 6.42 Å². The minimum absolute atomic E-state index is 0.280. The summed E-state index contributed by atoms with van der Waals surface area (Å²) in [6.07, 6.45) is 17.3. The Balaban J connectivity index is 0.000000609. The molecule has 1 rings (SSSR count). The van der Waals surface area contributed by atoms with Crippen LogP contribution in [0, 0.1) is 0 Å². The van der Waals surface area contributed by atoms with Crippen molar-refractivity contribution in [2.24, 2.45) is 11.5 Å². The summed E-state index contributed by atoms with van der Waals surface area (Å²) in [5, 5.41) is 8.03. The van der Waals surface area contributed by atoms with Crippen LogP contribution in [0.25, 0.3) is 0 Å². The molecule has 0 aliphatic rings. The lowest BCUT2D eigenvalue weighted by atomic mass is 10.1. The van der Waals surface area contributed by atoms with Crippen molar-refractivity contribution in [2.45, 2.75) is 109 Å². The van der Waals surface area contributed by atoms with Crippen LogP contribution in [0.1, 0.15) is 103 Å². The number of pyridine rings is 1. The number of rotatable bonds is 16. The molecule has 0 aliphatic heterocycles. The van der Waals surface area contributed by atoms with Gasteiger partial charge in [-0.1, -0.05) is 64.7 Å². The molecule has 2 unspecified atom stereocenters. The molecule has 0 spiro atoms. The Morgan fingerprint density at radius 1 is 0.968 bits per heavy atom. The van der Waals surface area contributed by atoms with Crippen LogP contribution < -0.4 is 16.0 Å². The van der Waals surface area contributed by atoms with Crippen LogP contribution in [0.3, 0.4) is 0 Å². The Labute approximate surface area is 190 Å². The van der Waals surface area contributed by atoms with Crippen LogP contribution in [0.5, 0.6) is 0 Å². The van der Waals surface area contributed by atoms with E-state index in [2.05, 4.69) is 19.1 Å². The normalized spacial score (nSPS) is 13.4. The fourth-order valence-electron chi connectivity index (χ4n) is 3.14. The minimum Gasteiger partial charge on any atom is -0.747 e. The van der Waals surface area contributed by atoms with Crippen molar-refractivity contribution >= 4 is 10.1 Å². The van der Waals surface area contributed by atoms with Crippen LogP contribution in [0.15, 0.2) is 24.5 Å². The number of aromatic nitrogens is 1. The second-order valence-corrected chi connectivity index (χ2v) is 9.77. The second-order valence-electron chi connectivity index (χ2n) is 8.18. The third-order valence-electron chi connectivity index (χ3n) is 5.24. The van der Waals surface area contributed by atoms with Gasteiger partial charge in [-0.25, -0.2) is 8.42 Å². The van der Waals surface area contributed by atoms with Gasteiger partial charge in [0.2, 0.25) is 0 Å². The van der Waals surface area contributed by atoms with Crippen molar-refractivity contribution in [2.75, 3.05) is 6.54 Å². The summed E-state index contributed by atoms with van der Waals surface area (Å²) in [5.41, 5.74) is 12.0.